The third-order valence-electron chi connectivity index (χ3n) is 9.24. The van der Waals surface area contributed by atoms with Gasteiger partial charge in [0.15, 0.2) is 16.6 Å². The van der Waals surface area contributed by atoms with E-state index in [9.17, 15) is 4.79 Å². The third-order valence-corrected chi connectivity index (χ3v) is 18.2. The number of fused-ring (bicyclic) bond motifs is 3. The molecule has 3 rings (SSSR count). The van der Waals surface area contributed by atoms with Gasteiger partial charge in [0, 0.05) is 11.5 Å². The van der Waals surface area contributed by atoms with Crippen molar-refractivity contribution in [2.75, 3.05) is 0 Å². The van der Waals surface area contributed by atoms with Crippen molar-refractivity contribution in [3.8, 4) is 0 Å². The molecule has 33 heavy (non-hydrogen) atoms. The lowest BCUT2D eigenvalue weighted by Crippen LogP contribution is -2.47. The molecule has 0 aromatic rings. The molecule has 186 valence electrons. The van der Waals surface area contributed by atoms with Crippen molar-refractivity contribution in [2.45, 2.75) is 109 Å². The summed E-state index contributed by atoms with van der Waals surface area (Å²) in [7, 11) is -4.04. The number of hydrogen-bond donors (Lipinski definition) is 0. The van der Waals surface area contributed by atoms with Gasteiger partial charge in [0.1, 0.15) is 6.10 Å². The standard InChI is InChI=1S/C27H46O4Si2/c1-16-14-21(31-33(12,13)27(7,8)9)23-18(3)25(28)29-24(23)22-17(2)20(15-19(16)22)30-32(10,11)26(4,5)6/h19-24H,1-3,14-15H2,4-13H3/t19-,20-,21+,22-,23+,24+/m0/s1. The van der Waals surface area contributed by atoms with E-state index in [1.807, 2.05) is 0 Å². The predicted octanol–water partition coefficient (Wildman–Crippen LogP) is 7.02. The van der Waals surface area contributed by atoms with Crippen LogP contribution < -0.4 is 0 Å². The van der Waals surface area contributed by atoms with Gasteiger partial charge >= 0.3 is 5.97 Å². The average Bonchev–Trinajstić information content (AvgIpc) is 3.05. The lowest BCUT2D eigenvalue weighted by molar-refractivity contribution is -0.141. The Bertz CT molecular complexity index is 858. The first-order valence-corrected chi connectivity index (χ1v) is 18.2. The summed E-state index contributed by atoms with van der Waals surface area (Å²) in [5.74, 6) is -0.261. The molecule has 2 saturated carbocycles. The highest BCUT2D eigenvalue weighted by Gasteiger charge is 2.58. The molecule has 0 aromatic heterocycles. The van der Waals surface area contributed by atoms with Crippen LogP contribution in [0.5, 0.6) is 0 Å². The molecule has 4 nitrogen and oxygen atoms in total. The Balaban J connectivity index is 1.95. The molecule has 0 aromatic carbocycles. The van der Waals surface area contributed by atoms with Gasteiger partial charge in [0.25, 0.3) is 0 Å². The van der Waals surface area contributed by atoms with Crippen molar-refractivity contribution in [1.29, 1.82) is 0 Å². The zero-order valence-electron chi connectivity index (χ0n) is 22.6. The minimum Gasteiger partial charge on any atom is -0.458 e. The molecule has 0 unspecified atom stereocenters. The van der Waals surface area contributed by atoms with Crippen LogP contribution in [0.25, 0.3) is 0 Å². The number of hydrogen-bond acceptors (Lipinski definition) is 4. The lowest BCUT2D eigenvalue weighted by atomic mass is 9.81. The second-order valence-electron chi connectivity index (χ2n) is 13.5. The topological polar surface area (TPSA) is 44.8 Å². The van der Waals surface area contributed by atoms with Crippen molar-refractivity contribution in [3.63, 3.8) is 0 Å². The zero-order valence-corrected chi connectivity index (χ0v) is 24.6. The van der Waals surface area contributed by atoms with E-state index in [4.69, 9.17) is 13.6 Å². The van der Waals surface area contributed by atoms with Gasteiger partial charge in [-0.2, -0.15) is 0 Å². The van der Waals surface area contributed by atoms with Gasteiger partial charge in [0.05, 0.1) is 18.1 Å². The van der Waals surface area contributed by atoms with Crippen molar-refractivity contribution >= 4 is 22.6 Å². The Morgan fingerprint density at radius 1 is 0.879 bits per heavy atom. The Morgan fingerprint density at radius 2 is 1.39 bits per heavy atom. The molecule has 1 heterocycles. The van der Waals surface area contributed by atoms with Crippen molar-refractivity contribution in [2.24, 2.45) is 17.8 Å². The van der Waals surface area contributed by atoms with Crippen LogP contribution in [-0.2, 0) is 18.4 Å². The van der Waals surface area contributed by atoms with Gasteiger partial charge in [-0.3, -0.25) is 0 Å². The van der Waals surface area contributed by atoms with E-state index in [1.54, 1.807) is 0 Å². The Morgan fingerprint density at radius 3 is 1.91 bits per heavy atom. The van der Waals surface area contributed by atoms with E-state index in [-0.39, 0.29) is 52.1 Å². The molecular weight excluding hydrogens is 444 g/mol. The van der Waals surface area contributed by atoms with Crippen LogP contribution in [0, 0.1) is 17.8 Å². The summed E-state index contributed by atoms with van der Waals surface area (Å²) in [5, 5.41) is 0.191. The van der Waals surface area contributed by atoms with E-state index in [0.29, 0.717) is 5.57 Å². The Kier molecular flexibility index (Phi) is 6.72. The lowest BCUT2D eigenvalue weighted by Gasteiger charge is -2.41. The van der Waals surface area contributed by atoms with Gasteiger partial charge in [-0.05, 0) is 60.6 Å². The molecule has 3 fully saturated rings. The zero-order chi connectivity index (χ0) is 25.3. The summed E-state index contributed by atoms with van der Waals surface area (Å²) in [4.78, 5) is 12.7. The summed E-state index contributed by atoms with van der Waals surface area (Å²) in [6, 6.07) is 0. The molecule has 6 heteroatoms. The molecule has 0 bridgehead atoms. The van der Waals surface area contributed by atoms with Gasteiger partial charge in [0.2, 0.25) is 0 Å². The van der Waals surface area contributed by atoms with Crippen LogP contribution >= 0.6 is 0 Å². The van der Waals surface area contributed by atoms with E-state index >= 15 is 0 Å². The molecule has 0 amide bonds. The first-order chi connectivity index (χ1) is 14.8. The minimum absolute atomic E-state index is 0.00786. The molecule has 6 atom stereocenters. The quantitative estimate of drug-likeness (QED) is 0.184. The van der Waals surface area contributed by atoms with Gasteiger partial charge < -0.3 is 13.6 Å². The number of carbonyl (C=O) groups is 1. The Hall–Kier alpha value is -0.956. The molecule has 1 aliphatic heterocycles. The summed E-state index contributed by atoms with van der Waals surface area (Å²) >= 11 is 0. The maximum Gasteiger partial charge on any atom is 0.334 e. The highest BCUT2D eigenvalue weighted by molar-refractivity contribution is 6.74. The van der Waals surface area contributed by atoms with E-state index in [1.165, 1.54) is 5.57 Å². The van der Waals surface area contributed by atoms with Gasteiger partial charge in [-0.1, -0.05) is 66.9 Å². The van der Waals surface area contributed by atoms with Crippen LogP contribution in [0.3, 0.4) is 0 Å². The van der Waals surface area contributed by atoms with E-state index < -0.39 is 16.6 Å². The van der Waals surface area contributed by atoms with Crippen molar-refractivity contribution in [1.82, 2.24) is 0 Å². The predicted molar refractivity (Wildman–Crippen MR) is 141 cm³/mol. The fourth-order valence-corrected chi connectivity index (χ4v) is 7.72. The molecule has 0 spiro atoms. The molecule has 1 saturated heterocycles. The van der Waals surface area contributed by atoms with Gasteiger partial charge in [-0.25, -0.2) is 4.79 Å². The fraction of sp³-hybridized carbons (Fsp3) is 0.741. The summed E-state index contributed by atoms with van der Waals surface area (Å²) in [6.45, 7) is 35.8. The first-order valence-electron chi connectivity index (χ1n) is 12.4. The molecule has 3 aliphatic rings. The number of esters is 1. The van der Waals surface area contributed by atoms with Crippen LogP contribution in [0.2, 0.25) is 36.3 Å². The smallest absolute Gasteiger partial charge is 0.334 e. The second kappa shape index (κ2) is 8.32. The van der Waals surface area contributed by atoms with E-state index in [0.717, 1.165) is 18.4 Å². The maximum atomic E-state index is 12.7. The fourth-order valence-electron chi connectivity index (χ4n) is 5.06. The van der Waals surface area contributed by atoms with Crippen LogP contribution in [0.1, 0.15) is 54.4 Å². The molecule has 2 aliphatic carbocycles. The first kappa shape index (κ1) is 26.6. The number of rotatable bonds is 4. The summed E-state index contributed by atoms with van der Waals surface area (Å²) in [5.41, 5.74) is 2.76. The van der Waals surface area contributed by atoms with Crippen LogP contribution in [0.4, 0.5) is 0 Å². The number of carbonyl (C=O) groups excluding carboxylic acids is 1. The van der Waals surface area contributed by atoms with Crippen molar-refractivity contribution in [3.05, 3.63) is 36.5 Å². The second-order valence-corrected chi connectivity index (χ2v) is 23.0. The minimum atomic E-state index is -2.07. The van der Waals surface area contributed by atoms with Crippen molar-refractivity contribution < 1.29 is 18.4 Å². The third kappa shape index (κ3) is 4.65. The molecule has 0 N–H and O–H groups in total. The Labute approximate surface area is 204 Å². The molecular formula is C27H46O4Si2. The summed E-state index contributed by atoms with van der Waals surface area (Å²) in [6.07, 6.45) is 1.12. The van der Waals surface area contributed by atoms with E-state index in [2.05, 4.69) is 87.5 Å². The van der Waals surface area contributed by atoms with Crippen LogP contribution in [0.15, 0.2) is 36.5 Å². The number of ether oxygens (including phenoxy) is 1. The maximum absolute atomic E-state index is 12.7. The molecule has 0 radical (unpaired) electrons. The van der Waals surface area contributed by atoms with Crippen LogP contribution in [-0.4, -0.2) is 40.9 Å². The normalized spacial score (nSPS) is 33.6. The largest absolute Gasteiger partial charge is 0.458 e. The average molecular weight is 491 g/mol. The summed E-state index contributed by atoms with van der Waals surface area (Å²) < 4.78 is 19.7. The highest BCUT2D eigenvalue weighted by atomic mass is 28.4. The van der Waals surface area contributed by atoms with Gasteiger partial charge in [-0.15, -0.1) is 0 Å². The highest BCUT2D eigenvalue weighted by Crippen LogP contribution is 2.55. The SMILES string of the molecule is C=C1C(=O)O[C@@H]2[C@H]3C(=C)[C@@H](O[Si](C)(C)C(C)(C)C)C[C@H]3C(=C)C[C@@H](O[Si](C)(C)C(C)(C)C)[C@@H]12. The monoisotopic (exact) mass is 490 g/mol.